The molecule has 3 aromatic heterocycles. The molecular formula is C16H12ClN5OS2. The van der Waals surface area contributed by atoms with Gasteiger partial charge in [-0.1, -0.05) is 34.6 Å². The zero-order chi connectivity index (χ0) is 17.2. The first-order chi connectivity index (χ1) is 12.2. The molecule has 0 amide bonds. The topological polar surface area (TPSA) is 82.8 Å². The van der Waals surface area contributed by atoms with E-state index in [-0.39, 0.29) is 0 Å². The van der Waals surface area contributed by atoms with Gasteiger partial charge in [0.2, 0.25) is 5.16 Å². The number of benzene rings is 1. The van der Waals surface area contributed by atoms with Crippen molar-refractivity contribution in [3.8, 4) is 22.0 Å². The molecule has 0 atom stereocenters. The van der Waals surface area contributed by atoms with Crippen molar-refractivity contribution in [3.63, 3.8) is 0 Å². The second-order valence-electron chi connectivity index (χ2n) is 5.13. The van der Waals surface area contributed by atoms with Crippen molar-refractivity contribution in [2.24, 2.45) is 0 Å². The number of thioether (sulfide) groups is 1. The highest BCUT2D eigenvalue weighted by molar-refractivity contribution is 7.98. The van der Waals surface area contributed by atoms with Crippen molar-refractivity contribution in [2.75, 3.05) is 5.84 Å². The molecule has 4 aromatic rings. The second-order valence-corrected chi connectivity index (χ2v) is 7.46. The van der Waals surface area contributed by atoms with E-state index >= 15 is 0 Å². The molecule has 1 aromatic carbocycles. The van der Waals surface area contributed by atoms with Crippen LogP contribution >= 0.6 is 34.7 Å². The van der Waals surface area contributed by atoms with Gasteiger partial charge in [-0.2, -0.15) is 0 Å². The normalized spacial score (nSPS) is 11.1. The molecule has 0 saturated carbocycles. The van der Waals surface area contributed by atoms with Gasteiger partial charge in [-0.05, 0) is 35.7 Å². The average Bonchev–Trinajstić information content (AvgIpc) is 3.35. The molecule has 0 fully saturated rings. The Morgan fingerprint density at radius 3 is 2.80 bits per heavy atom. The van der Waals surface area contributed by atoms with Crippen LogP contribution < -0.4 is 5.84 Å². The van der Waals surface area contributed by atoms with E-state index in [1.165, 1.54) is 16.4 Å². The molecular weight excluding hydrogens is 378 g/mol. The number of hydrogen-bond acceptors (Lipinski definition) is 7. The number of nitrogens with two attached hydrogens (primary N) is 1. The summed E-state index contributed by atoms with van der Waals surface area (Å²) >= 11 is 8.97. The van der Waals surface area contributed by atoms with E-state index in [0.717, 1.165) is 21.9 Å². The largest absolute Gasteiger partial charge is 0.355 e. The minimum absolute atomic E-state index is 0.582. The molecule has 6 nitrogen and oxygen atoms in total. The average molecular weight is 390 g/mol. The Bertz CT molecular complexity index is 979. The summed E-state index contributed by atoms with van der Waals surface area (Å²) in [4.78, 5) is 1.05. The Morgan fingerprint density at radius 2 is 2.04 bits per heavy atom. The van der Waals surface area contributed by atoms with Gasteiger partial charge >= 0.3 is 0 Å². The molecule has 0 aliphatic carbocycles. The zero-order valence-electron chi connectivity index (χ0n) is 12.8. The predicted octanol–water partition coefficient (Wildman–Crippen LogP) is 4.32. The Morgan fingerprint density at radius 1 is 1.20 bits per heavy atom. The van der Waals surface area contributed by atoms with Gasteiger partial charge < -0.3 is 10.4 Å². The maximum Gasteiger partial charge on any atom is 0.210 e. The third-order valence-electron chi connectivity index (χ3n) is 3.44. The lowest BCUT2D eigenvalue weighted by Crippen LogP contribution is -2.11. The van der Waals surface area contributed by atoms with Crippen LogP contribution in [0.5, 0.6) is 0 Å². The third kappa shape index (κ3) is 3.41. The molecule has 4 rings (SSSR count). The van der Waals surface area contributed by atoms with Crippen LogP contribution in [0.1, 0.15) is 5.69 Å². The number of thiophene rings is 1. The van der Waals surface area contributed by atoms with E-state index in [0.29, 0.717) is 21.8 Å². The van der Waals surface area contributed by atoms with Crippen LogP contribution in [0.2, 0.25) is 5.02 Å². The second kappa shape index (κ2) is 6.91. The number of aromatic nitrogens is 4. The maximum absolute atomic E-state index is 6.12. The fourth-order valence-electron chi connectivity index (χ4n) is 2.22. The Balaban J connectivity index is 1.48. The van der Waals surface area contributed by atoms with Crippen molar-refractivity contribution >= 4 is 34.7 Å². The quantitative estimate of drug-likeness (QED) is 0.404. The van der Waals surface area contributed by atoms with E-state index in [4.69, 9.17) is 22.0 Å². The van der Waals surface area contributed by atoms with E-state index < -0.39 is 0 Å². The fraction of sp³-hybridized carbons (Fsp3) is 0.0625. The number of halogens is 1. The molecule has 0 radical (unpaired) electrons. The number of rotatable bonds is 5. The lowest BCUT2D eigenvalue weighted by Gasteiger charge is -2.03. The molecule has 0 saturated heterocycles. The zero-order valence-corrected chi connectivity index (χ0v) is 15.2. The molecule has 126 valence electrons. The smallest absolute Gasteiger partial charge is 0.210 e. The molecule has 0 unspecified atom stereocenters. The minimum atomic E-state index is 0.582. The molecule has 3 heterocycles. The molecule has 2 N–H and O–H groups in total. The summed E-state index contributed by atoms with van der Waals surface area (Å²) in [5, 5.41) is 15.7. The molecule has 25 heavy (non-hydrogen) atoms. The fourth-order valence-corrected chi connectivity index (χ4v) is 3.76. The molecule has 0 bridgehead atoms. The number of nitrogens with zero attached hydrogens (tertiary/aromatic N) is 4. The standard InChI is InChI=1S/C16H12ClN5OS2/c17-11-5-3-10(4-6-11)15-19-20-16(22(15)18)25-9-12-8-13(23-21-12)14-2-1-7-24-14/h1-8H,9,18H2. The van der Waals surface area contributed by atoms with Gasteiger partial charge in [0.25, 0.3) is 0 Å². The summed E-state index contributed by atoms with van der Waals surface area (Å²) in [6, 6.07) is 13.2. The number of nitrogen functional groups attached to an aromatic ring is 1. The molecule has 0 spiro atoms. The van der Waals surface area contributed by atoms with Gasteiger partial charge in [0.15, 0.2) is 11.6 Å². The lowest BCUT2D eigenvalue weighted by molar-refractivity contribution is 0.427. The van der Waals surface area contributed by atoms with Gasteiger partial charge in [-0.3, -0.25) is 0 Å². The first-order valence-corrected chi connectivity index (χ1v) is 9.54. The molecule has 0 aliphatic rings. The molecule has 9 heteroatoms. The van der Waals surface area contributed by atoms with Gasteiger partial charge in [-0.25, -0.2) is 4.68 Å². The summed E-state index contributed by atoms with van der Waals surface area (Å²) in [7, 11) is 0. The van der Waals surface area contributed by atoms with E-state index in [9.17, 15) is 0 Å². The minimum Gasteiger partial charge on any atom is -0.355 e. The highest BCUT2D eigenvalue weighted by atomic mass is 35.5. The van der Waals surface area contributed by atoms with Crippen molar-refractivity contribution in [3.05, 3.63) is 58.6 Å². The summed E-state index contributed by atoms with van der Waals surface area (Å²) in [5.41, 5.74) is 1.68. The monoisotopic (exact) mass is 389 g/mol. The van der Waals surface area contributed by atoms with Crippen LogP contribution in [0.3, 0.4) is 0 Å². The van der Waals surface area contributed by atoms with Gasteiger partial charge in [0, 0.05) is 22.4 Å². The van der Waals surface area contributed by atoms with E-state index in [2.05, 4.69) is 15.4 Å². The first kappa shape index (κ1) is 16.2. The lowest BCUT2D eigenvalue weighted by atomic mass is 10.2. The van der Waals surface area contributed by atoms with Crippen LogP contribution in [0.4, 0.5) is 0 Å². The SMILES string of the molecule is Nn1c(SCc2cc(-c3cccs3)on2)nnc1-c1ccc(Cl)cc1. The highest BCUT2D eigenvalue weighted by Crippen LogP contribution is 2.28. The van der Waals surface area contributed by atoms with Crippen LogP contribution in [0.25, 0.3) is 22.0 Å². The molecule has 0 aliphatic heterocycles. The van der Waals surface area contributed by atoms with Crippen LogP contribution in [0.15, 0.2) is 57.5 Å². The van der Waals surface area contributed by atoms with Gasteiger partial charge in [-0.15, -0.1) is 21.5 Å². The van der Waals surface area contributed by atoms with Crippen molar-refractivity contribution in [2.45, 2.75) is 10.9 Å². The van der Waals surface area contributed by atoms with Crippen molar-refractivity contribution < 1.29 is 4.52 Å². The third-order valence-corrected chi connectivity index (χ3v) is 5.55. The van der Waals surface area contributed by atoms with Crippen LogP contribution in [0, 0.1) is 0 Å². The first-order valence-electron chi connectivity index (χ1n) is 7.29. The summed E-state index contributed by atoms with van der Waals surface area (Å²) in [6.07, 6.45) is 0. The van der Waals surface area contributed by atoms with Gasteiger partial charge in [0.1, 0.15) is 0 Å². The summed E-state index contributed by atoms with van der Waals surface area (Å²) in [6.45, 7) is 0. The predicted molar refractivity (Wildman–Crippen MR) is 100.0 cm³/mol. The van der Waals surface area contributed by atoms with E-state index in [1.807, 2.05) is 35.7 Å². The van der Waals surface area contributed by atoms with Crippen LogP contribution in [-0.4, -0.2) is 20.0 Å². The van der Waals surface area contributed by atoms with Crippen LogP contribution in [-0.2, 0) is 5.75 Å². The maximum atomic E-state index is 6.12. The Labute approximate surface area is 156 Å². The summed E-state index contributed by atoms with van der Waals surface area (Å²) < 4.78 is 6.84. The number of hydrogen-bond donors (Lipinski definition) is 1. The Kier molecular flexibility index (Phi) is 4.48. The Hall–Kier alpha value is -2.29. The highest BCUT2D eigenvalue weighted by Gasteiger charge is 2.14. The van der Waals surface area contributed by atoms with Crippen molar-refractivity contribution in [1.29, 1.82) is 0 Å². The summed E-state index contributed by atoms with van der Waals surface area (Å²) in [5.74, 6) is 8.05. The van der Waals surface area contributed by atoms with Crippen molar-refractivity contribution in [1.82, 2.24) is 20.0 Å². The van der Waals surface area contributed by atoms with E-state index in [1.54, 1.807) is 23.5 Å². The van der Waals surface area contributed by atoms with Gasteiger partial charge in [0.05, 0.1) is 10.6 Å².